The van der Waals surface area contributed by atoms with E-state index in [-0.39, 0.29) is 23.0 Å². The molecule has 2 aromatic carbocycles. The maximum Gasteiger partial charge on any atom is 0.573 e. The van der Waals surface area contributed by atoms with Crippen molar-refractivity contribution in [3.63, 3.8) is 0 Å². The van der Waals surface area contributed by atoms with Crippen LogP contribution < -0.4 is 9.64 Å². The van der Waals surface area contributed by atoms with Crippen LogP contribution in [0.2, 0.25) is 0 Å². The van der Waals surface area contributed by atoms with Crippen LogP contribution >= 0.6 is 0 Å². The number of nitrogens with zero attached hydrogens (tertiary/aromatic N) is 3. The second-order valence-electron chi connectivity index (χ2n) is 8.78. The Labute approximate surface area is 204 Å². The van der Waals surface area contributed by atoms with Crippen LogP contribution in [0.15, 0.2) is 60.9 Å². The van der Waals surface area contributed by atoms with Gasteiger partial charge in [-0.25, -0.2) is 9.97 Å². The second kappa shape index (κ2) is 9.52. The molecule has 186 valence electrons. The van der Waals surface area contributed by atoms with E-state index in [1.807, 2.05) is 13.8 Å². The van der Waals surface area contributed by atoms with Crippen molar-refractivity contribution >= 4 is 23.4 Å². The average Bonchev–Trinajstić information content (AvgIpc) is 3.09. The Bertz CT molecular complexity index is 1290. The molecule has 2 heterocycles. The molecule has 2 unspecified atom stereocenters. The number of alkyl halides is 3. The molecule has 0 bridgehead atoms. The number of carbonyl (C=O) groups is 3. The van der Waals surface area contributed by atoms with Crippen LogP contribution in [0.25, 0.3) is 0 Å². The summed E-state index contributed by atoms with van der Waals surface area (Å²) in [5, 5.41) is 0. The van der Waals surface area contributed by atoms with Gasteiger partial charge in [0.05, 0.1) is 6.04 Å². The zero-order valence-corrected chi connectivity index (χ0v) is 19.6. The van der Waals surface area contributed by atoms with E-state index in [2.05, 4.69) is 14.7 Å². The number of Topliss-reactive ketones (excluding diaryl/α,β-unsaturated/α-hetero) is 2. The number of rotatable bonds is 6. The molecule has 0 radical (unpaired) electrons. The van der Waals surface area contributed by atoms with Crippen LogP contribution in [-0.2, 0) is 9.59 Å². The molecule has 0 saturated carbocycles. The van der Waals surface area contributed by atoms with Gasteiger partial charge in [0.2, 0.25) is 11.7 Å². The van der Waals surface area contributed by atoms with Gasteiger partial charge in [0.1, 0.15) is 11.7 Å². The molecule has 1 saturated heterocycles. The summed E-state index contributed by atoms with van der Waals surface area (Å²) >= 11 is 0. The fraction of sp³-hybridized carbons (Fsp3) is 0.269. The number of hydrogen-bond acceptors (Lipinski definition) is 6. The van der Waals surface area contributed by atoms with Crippen molar-refractivity contribution in [2.24, 2.45) is 5.92 Å². The van der Waals surface area contributed by atoms with E-state index in [0.29, 0.717) is 5.56 Å². The molecule has 0 spiro atoms. The average molecular weight is 497 g/mol. The Balaban J connectivity index is 1.78. The Hall–Kier alpha value is -4.08. The van der Waals surface area contributed by atoms with Crippen molar-refractivity contribution < 1.29 is 32.3 Å². The van der Waals surface area contributed by atoms with Gasteiger partial charge < -0.3 is 4.74 Å². The highest BCUT2D eigenvalue weighted by Gasteiger charge is 2.53. The molecule has 1 fully saturated rings. The van der Waals surface area contributed by atoms with Crippen molar-refractivity contribution in [1.29, 1.82) is 0 Å². The standard InChI is InChI=1S/C26H22F3N3O4/c1-14(2)16-4-6-18(7-5-16)22(33)20-21(17-8-10-19(11-9-17)36-26(27,28)29)32(24(35)23(20)34)25-30-12-15(3)13-31-25/h4-14,20-21H,1-3H3. The van der Waals surface area contributed by atoms with Crippen LogP contribution in [0.4, 0.5) is 19.1 Å². The summed E-state index contributed by atoms with van der Waals surface area (Å²) in [6.07, 6.45) is -1.97. The summed E-state index contributed by atoms with van der Waals surface area (Å²) in [6, 6.07) is 10.3. The normalized spacial score (nSPS) is 18.1. The molecule has 1 aliphatic rings. The predicted molar refractivity (Wildman–Crippen MR) is 123 cm³/mol. The molecule has 1 aliphatic heterocycles. The van der Waals surface area contributed by atoms with Gasteiger partial charge in [0.25, 0.3) is 5.91 Å². The fourth-order valence-electron chi connectivity index (χ4n) is 4.08. The van der Waals surface area contributed by atoms with Crippen LogP contribution in [0.1, 0.15) is 52.9 Å². The summed E-state index contributed by atoms with van der Waals surface area (Å²) in [7, 11) is 0. The molecule has 7 nitrogen and oxygen atoms in total. The van der Waals surface area contributed by atoms with Gasteiger partial charge >= 0.3 is 6.36 Å². The Kier molecular flexibility index (Phi) is 6.62. The minimum Gasteiger partial charge on any atom is -0.406 e. The number of carbonyl (C=O) groups excluding carboxylic acids is 3. The Morgan fingerprint density at radius 2 is 1.56 bits per heavy atom. The number of aromatic nitrogens is 2. The minimum atomic E-state index is -4.89. The van der Waals surface area contributed by atoms with Crippen LogP contribution in [0.3, 0.4) is 0 Å². The molecule has 0 aliphatic carbocycles. The number of hydrogen-bond donors (Lipinski definition) is 0. The molecule has 1 amide bonds. The molecule has 36 heavy (non-hydrogen) atoms. The minimum absolute atomic E-state index is 0.0926. The van der Waals surface area contributed by atoms with Crippen LogP contribution in [0.5, 0.6) is 5.75 Å². The molecule has 3 aromatic rings. The number of halogens is 3. The van der Waals surface area contributed by atoms with E-state index in [1.165, 1.54) is 24.5 Å². The first-order chi connectivity index (χ1) is 17.0. The number of amides is 1. The fourth-order valence-corrected chi connectivity index (χ4v) is 4.08. The summed E-state index contributed by atoms with van der Waals surface area (Å²) in [5.41, 5.74) is 2.19. The van der Waals surface area contributed by atoms with Gasteiger partial charge in [0, 0.05) is 18.0 Å². The van der Waals surface area contributed by atoms with E-state index < -0.39 is 41.5 Å². The van der Waals surface area contributed by atoms with Crippen molar-refractivity contribution in [3.05, 3.63) is 83.2 Å². The summed E-state index contributed by atoms with van der Waals surface area (Å²) in [4.78, 5) is 49.1. The first-order valence-corrected chi connectivity index (χ1v) is 11.1. The molecular weight excluding hydrogens is 475 g/mol. The van der Waals surface area contributed by atoms with Gasteiger partial charge in [-0.2, -0.15) is 0 Å². The van der Waals surface area contributed by atoms with Crippen LogP contribution in [0, 0.1) is 12.8 Å². The number of aryl methyl sites for hydroxylation is 1. The number of anilines is 1. The van der Waals surface area contributed by atoms with Crippen molar-refractivity contribution in [2.75, 3.05) is 4.90 Å². The van der Waals surface area contributed by atoms with E-state index >= 15 is 0 Å². The number of ether oxygens (including phenoxy) is 1. The van der Waals surface area contributed by atoms with E-state index in [1.54, 1.807) is 31.2 Å². The maximum atomic E-state index is 13.5. The Morgan fingerprint density at radius 1 is 0.972 bits per heavy atom. The van der Waals surface area contributed by atoms with Crippen molar-refractivity contribution in [3.8, 4) is 5.75 Å². The third-order valence-electron chi connectivity index (χ3n) is 5.89. The topological polar surface area (TPSA) is 89.5 Å². The summed E-state index contributed by atoms with van der Waals surface area (Å²) < 4.78 is 41.8. The molecule has 4 rings (SSSR count). The lowest BCUT2D eigenvalue weighted by atomic mass is 9.86. The van der Waals surface area contributed by atoms with Gasteiger partial charge in [-0.1, -0.05) is 50.2 Å². The number of benzene rings is 2. The summed E-state index contributed by atoms with van der Waals surface area (Å²) in [6.45, 7) is 5.74. The molecule has 1 aromatic heterocycles. The summed E-state index contributed by atoms with van der Waals surface area (Å²) in [5.74, 6) is -4.30. The van der Waals surface area contributed by atoms with Gasteiger partial charge in [-0.15, -0.1) is 13.2 Å². The third kappa shape index (κ3) is 4.98. The predicted octanol–water partition coefficient (Wildman–Crippen LogP) is 4.96. The second-order valence-corrected chi connectivity index (χ2v) is 8.78. The van der Waals surface area contributed by atoms with Crippen LogP contribution in [-0.4, -0.2) is 33.8 Å². The van der Waals surface area contributed by atoms with E-state index in [4.69, 9.17) is 0 Å². The lowest BCUT2D eigenvalue weighted by molar-refractivity contribution is -0.274. The van der Waals surface area contributed by atoms with Crippen molar-refractivity contribution in [2.45, 2.75) is 39.1 Å². The smallest absolute Gasteiger partial charge is 0.406 e. The molecular formula is C26H22F3N3O4. The van der Waals surface area contributed by atoms with Gasteiger partial charge in [-0.05, 0) is 41.7 Å². The quantitative estimate of drug-likeness (QED) is 0.272. The first kappa shape index (κ1) is 25.0. The first-order valence-electron chi connectivity index (χ1n) is 11.1. The van der Waals surface area contributed by atoms with Gasteiger partial charge in [-0.3, -0.25) is 19.3 Å². The highest BCUT2D eigenvalue weighted by molar-refractivity contribution is 6.48. The lowest BCUT2D eigenvalue weighted by Gasteiger charge is -2.25. The maximum absolute atomic E-state index is 13.5. The third-order valence-corrected chi connectivity index (χ3v) is 5.89. The van der Waals surface area contributed by atoms with Gasteiger partial charge in [0.15, 0.2) is 5.78 Å². The largest absolute Gasteiger partial charge is 0.573 e. The number of ketones is 2. The zero-order chi connectivity index (χ0) is 26.2. The van der Waals surface area contributed by atoms with E-state index in [9.17, 15) is 27.6 Å². The van der Waals surface area contributed by atoms with E-state index in [0.717, 1.165) is 22.6 Å². The van der Waals surface area contributed by atoms with Crippen molar-refractivity contribution in [1.82, 2.24) is 9.97 Å². The molecule has 2 atom stereocenters. The highest BCUT2D eigenvalue weighted by atomic mass is 19.4. The lowest BCUT2D eigenvalue weighted by Crippen LogP contribution is -2.32. The zero-order valence-electron chi connectivity index (χ0n) is 19.6. The molecule has 10 heteroatoms. The Morgan fingerprint density at radius 3 is 2.08 bits per heavy atom. The highest BCUT2D eigenvalue weighted by Crippen LogP contribution is 2.40. The monoisotopic (exact) mass is 497 g/mol. The SMILES string of the molecule is Cc1cnc(N2C(=O)C(=O)C(C(=O)c3ccc(C(C)C)cc3)C2c2ccc(OC(F)(F)F)cc2)nc1. The molecule has 0 N–H and O–H groups in total.